The largest absolute Gasteiger partial charge is 0.374 e. The zero-order valence-corrected chi connectivity index (χ0v) is 62.3. The van der Waals surface area contributed by atoms with Gasteiger partial charge in [0.1, 0.15) is 73.2 Å². The summed E-state index contributed by atoms with van der Waals surface area (Å²) >= 11 is 0. The number of hydrogen-bond donors (Lipinski definition) is 0. The number of rotatable bonds is 40. The van der Waals surface area contributed by atoms with Gasteiger partial charge in [-0.25, -0.2) is 0 Å². The molecule has 0 amide bonds. The molecule has 3 saturated heterocycles. The van der Waals surface area contributed by atoms with Crippen LogP contribution in [0.25, 0.3) is 0 Å². The molecule has 0 unspecified atom stereocenters. The van der Waals surface area contributed by atoms with Crippen LogP contribution in [0.1, 0.15) is 61.2 Å². The molecule has 0 aliphatic carbocycles. The van der Waals surface area contributed by atoms with Crippen LogP contribution in [-0.2, 0) is 148 Å². The van der Waals surface area contributed by atoms with Crippen molar-refractivity contribution in [3.05, 3.63) is 395 Å². The van der Waals surface area contributed by atoms with Gasteiger partial charge in [0.25, 0.3) is 0 Å². The van der Waals surface area contributed by atoms with E-state index in [1.165, 1.54) is 0 Å². The van der Waals surface area contributed by atoms with Gasteiger partial charge in [0.2, 0.25) is 0 Å². The summed E-state index contributed by atoms with van der Waals surface area (Å²) in [7, 11) is 0. The van der Waals surface area contributed by atoms with E-state index in [0.717, 1.165) is 61.2 Å². The lowest BCUT2D eigenvalue weighted by atomic mass is 9.95. The summed E-state index contributed by atoms with van der Waals surface area (Å²) in [5.41, 5.74) is 10.3. The fourth-order valence-electron chi connectivity index (χ4n) is 14.0. The van der Waals surface area contributed by atoms with Gasteiger partial charge in [0.05, 0.1) is 92.5 Å². The molecule has 3 heterocycles. The van der Waals surface area contributed by atoms with Gasteiger partial charge >= 0.3 is 0 Å². The quantitative estimate of drug-likeness (QED) is 0.0358. The number of ether oxygens (including phenoxy) is 16. The molecular weight excluding hydrogens is 1400 g/mol. The Hall–Kier alpha value is -9.22. The zero-order valence-electron chi connectivity index (χ0n) is 62.3. The van der Waals surface area contributed by atoms with E-state index < -0.39 is 92.1 Å². The van der Waals surface area contributed by atoms with Gasteiger partial charge in [-0.05, 0) is 61.2 Å². The summed E-state index contributed by atoms with van der Waals surface area (Å²) in [6, 6.07) is 111. The maximum Gasteiger partial charge on any atom is 0.187 e. The maximum absolute atomic E-state index is 7.94. The summed E-state index contributed by atoms with van der Waals surface area (Å²) < 4.78 is 118. The topological polar surface area (TPSA) is 148 Å². The fourth-order valence-corrected chi connectivity index (χ4v) is 14.0. The fraction of sp³-hybridized carbons (Fsp3) is 0.305. The molecule has 574 valence electrons. The molecule has 0 spiro atoms. The second-order valence-corrected chi connectivity index (χ2v) is 28.0. The highest BCUT2D eigenvalue weighted by Crippen LogP contribution is 2.40. The molecule has 11 aromatic rings. The Morgan fingerprint density at radius 2 is 0.333 bits per heavy atom. The molecule has 16 heteroatoms. The normalized spacial score (nSPS) is 23.9. The van der Waals surface area contributed by atoms with E-state index in [0.29, 0.717) is 6.61 Å². The highest BCUT2D eigenvalue weighted by Gasteiger charge is 2.57. The van der Waals surface area contributed by atoms with Gasteiger partial charge in [-0.15, -0.1) is 0 Å². The summed E-state index contributed by atoms with van der Waals surface area (Å²) in [5, 5.41) is 0. The lowest BCUT2D eigenvalue weighted by Crippen LogP contribution is -2.68. The van der Waals surface area contributed by atoms with Crippen LogP contribution in [0, 0.1) is 0 Å². The van der Waals surface area contributed by atoms with E-state index in [1.807, 2.05) is 334 Å². The van der Waals surface area contributed by atoms with Crippen molar-refractivity contribution in [1.29, 1.82) is 0 Å². The summed E-state index contributed by atoms with van der Waals surface area (Å²) in [6.45, 7) is 2.15. The second-order valence-electron chi connectivity index (χ2n) is 28.0. The third-order valence-electron chi connectivity index (χ3n) is 19.8. The van der Waals surface area contributed by atoms with Crippen LogP contribution >= 0.6 is 0 Å². The lowest BCUT2D eigenvalue weighted by Gasteiger charge is -2.52. The van der Waals surface area contributed by atoms with Crippen molar-refractivity contribution in [2.45, 2.75) is 165 Å². The first-order valence-corrected chi connectivity index (χ1v) is 38.4. The van der Waals surface area contributed by atoms with Crippen molar-refractivity contribution >= 4 is 0 Å². The average Bonchev–Trinajstić information content (AvgIpc) is 0.764. The molecule has 14 rings (SSSR count). The van der Waals surface area contributed by atoms with Crippen LogP contribution in [0.15, 0.2) is 334 Å². The van der Waals surface area contributed by atoms with E-state index in [4.69, 9.17) is 75.8 Å². The van der Waals surface area contributed by atoms with Crippen molar-refractivity contribution in [1.82, 2.24) is 0 Å². The molecule has 0 saturated carbocycles. The van der Waals surface area contributed by atoms with Gasteiger partial charge in [-0.1, -0.05) is 334 Å². The molecule has 3 aliphatic heterocycles. The van der Waals surface area contributed by atoms with Crippen LogP contribution in [0.2, 0.25) is 0 Å². The Kier molecular flexibility index (Phi) is 30.0. The van der Waals surface area contributed by atoms with Crippen molar-refractivity contribution < 1.29 is 75.8 Å². The van der Waals surface area contributed by atoms with Gasteiger partial charge in [0.15, 0.2) is 18.9 Å². The van der Waals surface area contributed by atoms with E-state index in [1.54, 1.807) is 0 Å². The monoisotopic (exact) mass is 1490 g/mol. The molecule has 3 fully saturated rings. The standard InChI is InChI=1S/C95H98O16/c1-12-34-70(35-13-1)56-96-67-81-84(99-59-73-40-18-4-19-41-73)87(100-60-74-42-20-5-21-43-74)91(104-64-78-50-28-9-29-51-78)94(108-81)111-86-83(69-98-58-72-38-16-3-17-39-72)109-95(92(105-65-79-52-30-10-31-53-79)89(86)102-62-76-46-24-7-25-47-76)110-85-82(68-97-57-71-36-14-2-15-37-71)107-93(106-66-80-54-32-11-33-55-80)90(103-63-77-48-26-8-27-49-77)88(85)101-61-75-44-22-6-23-45-75/h1-55,81-95H,56-69H2/t81-,82-,83-,84+,85-,86-,87+,88+,89+,90-,91-,92-,93+,94+,95-/m1/s1. The summed E-state index contributed by atoms with van der Waals surface area (Å²) in [5.74, 6) is 0. The van der Waals surface area contributed by atoms with Gasteiger partial charge in [0, 0.05) is 0 Å². The average molecular weight is 1500 g/mol. The van der Waals surface area contributed by atoms with Crippen molar-refractivity contribution in [3.63, 3.8) is 0 Å². The molecule has 11 aromatic carbocycles. The van der Waals surface area contributed by atoms with Crippen LogP contribution in [-0.4, -0.2) is 112 Å². The zero-order chi connectivity index (χ0) is 75.1. The molecule has 16 nitrogen and oxygen atoms in total. The first kappa shape index (κ1) is 78.5. The Morgan fingerprint density at radius 3 is 0.577 bits per heavy atom. The van der Waals surface area contributed by atoms with Crippen molar-refractivity contribution in [3.8, 4) is 0 Å². The highest BCUT2D eigenvalue weighted by atomic mass is 16.8. The first-order valence-electron chi connectivity index (χ1n) is 38.4. The van der Waals surface area contributed by atoms with Crippen LogP contribution in [0.3, 0.4) is 0 Å². The Bertz CT molecular complexity index is 4330. The van der Waals surface area contributed by atoms with E-state index in [2.05, 4.69) is 0 Å². The van der Waals surface area contributed by atoms with Crippen LogP contribution in [0.4, 0.5) is 0 Å². The SMILES string of the molecule is c1ccc(COC[C@H]2O[C@@H](O[C@H]3[C@H](OCc4ccccc4)[C@@H](OCc4ccccc4)[C@@H](O[C@H]4[C@H](OCc5ccccc5)[C@@H](OCc5ccccc5)[C@@H](OCc5ccccc5)O[C@@H]4COCc4ccccc4)O[C@@H]3COCc3ccccc3)[C@H](OCc3ccccc3)[C@@H](OCc3ccccc3)[C@H]2OCc2ccccc2)cc1. The predicted molar refractivity (Wildman–Crippen MR) is 420 cm³/mol. The summed E-state index contributed by atoms with van der Waals surface area (Å²) in [6.07, 6.45) is -15.2. The Balaban J connectivity index is 0.898. The molecule has 0 radical (unpaired) electrons. The predicted octanol–water partition coefficient (Wildman–Crippen LogP) is 16.9. The van der Waals surface area contributed by atoms with Crippen LogP contribution < -0.4 is 0 Å². The van der Waals surface area contributed by atoms with Crippen LogP contribution in [0.5, 0.6) is 0 Å². The molecule has 0 aromatic heterocycles. The van der Waals surface area contributed by atoms with E-state index in [-0.39, 0.29) is 85.9 Å². The van der Waals surface area contributed by atoms with Gasteiger partial charge < -0.3 is 75.8 Å². The highest BCUT2D eigenvalue weighted by molar-refractivity contribution is 5.22. The Labute approximate surface area is 651 Å². The lowest BCUT2D eigenvalue weighted by molar-refractivity contribution is -0.395. The molecule has 111 heavy (non-hydrogen) atoms. The molecule has 3 aliphatic rings. The molecule has 15 atom stereocenters. The number of benzene rings is 11. The molecular formula is C95H98O16. The Morgan fingerprint density at radius 1 is 0.162 bits per heavy atom. The first-order chi connectivity index (χ1) is 55.0. The van der Waals surface area contributed by atoms with Crippen molar-refractivity contribution in [2.24, 2.45) is 0 Å². The molecule has 0 bridgehead atoms. The van der Waals surface area contributed by atoms with Crippen molar-refractivity contribution in [2.75, 3.05) is 19.8 Å². The smallest absolute Gasteiger partial charge is 0.187 e. The third kappa shape index (κ3) is 23.4. The minimum absolute atomic E-state index is 0.0239. The summed E-state index contributed by atoms with van der Waals surface area (Å²) in [4.78, 5) is 0. The molecule has 0 N–H and O–H groups in total. The third-order valence-corrected chi connectivity index (χ3v) is 19.8. The number of hydrogen-bond acceptors (Lipinski definition) is 16. The second kappa shape index (κ2) is 42.4. The maximum atomic E-state index is 7.94. The van der Waals surface area contributed by atoms with Gasteiger partial charge in [-0.2, -0.15) is 0 Å². The van der Waals surface area contributed by atoms with Gasteiger partial charge in [-0.3, -0.25) is 0 Å². The van der Waals surface area contributed by atoms with E-state index in [9.17, 15) is 0 Å². The minimum Gasteiger partial charge on any atom is -0.374 e. The minimum atomic E-state index is -1.31. The van der Waals surface area contributed by atoms with E-state index >= 15 is 0 Å².